The number of aromatic nitrogens is 3. The molecule has 1 N–H and O–H groups in total. The number of fused-ring (bicyclic) bond motifs is 1. The zero-order chi connectivity index (χ0) is 25.8. The van der Waals surface area contributed by atoms with Crippen LogP contribution in [0.2, 0.25) is 5.02 Å². The Bertz CT molecular complexity index is 1300. The van der Waals surface area contributed by atoms with Gasteiger partial charge in [-0.25, -0.2) is 19.3 Å². The Morgan fingerprint density at radius 2 is 2.16 bits per heavy atom. The number of nitrogens with zero attached hydrogens (tertiary/aromatic N) is 4. The average molecular weight is 528 g/mol. The van der Waals surface area contributed by atoms with Crippen molar-refractivity contribution in [2.75, 3.05) is 31.6 Å². The second-order valence-corrected chi connectivity index (χ2v) is 9.30. The molecule has 4 heterocycles. The molecule has 2 aliphatic rings. The maximum atomic E-state index is 15.2. The van der Waals surface area contributed by atoms with Gasteiger partial charge in [-0.2, -0.15) is 0 Å². The lowest BCUT2D eigenvalue weighted by molar-refractivity contribution is -0.125. The largest absolute Gasteiger partial charge is 0.489 e. The molecule has 2 aromatic heterocycles. The summed E-state index contributed by atoms with van der Waals surface area (Å²) < 4.78 is 32.6. The van der Waals surface area contributed by atoms with Crippen molar-refractivity contribution in [3.05, 3.63) is 54.1 Å². The highest BCUT2D eigenvalue weighted by molar-refractivity contribution is 6.32. The molecule has 0 bridgehead atoms. The van der Waals surface area contributed by atoms with Gasteiger partial charge in [0, 0.05) is 25.6 Å². The average Bonchev–Trinajstić information content (AvgIpc) is 3.39. The summed E-state index contributed by atoms with van der Waals surface area (Å²) in [6.45, 7) is 5.59. The van der Waals surface area contributed by atoms with Crippen LogP contribution in [0.3, 0.4) is 0 Å². The highest BCUT2D eigenvalue weighted by atomic mass is 35.5. The molecule has 0 unspecified atom stereocenters. The molecule has 2 atom stereocenters. The lowest BCUT2D eigenvalue weighted by Crippen LogP contribution is -2.29. The Labute approximate surface area is 218 Å². The Morgan fingerprint density at radius 3 is 2.97 bits per heavy atom. The summed E-state index contributed by atoms with van der Waals surface area (Å²) in [7, 11) is 0. The molecule has 0 saturated carbocycles. The molecule has 37 heavy (non-hydrogen) atoms. The molecule has 1 aromatic carbocycles. The van der Waals surface area contributed by atoms with Crippen LogP contribution in [0, 0.1) is 5.82 Å². The molecule has 194 valence electrons. The third-order valence-electron chi connectivity index (χ3n) is 6.37. The first-order chi connectivity index (χ1) is 18.0. The van der Waals surface area contributed by atoms with Crippen LogP contribution in [0.1, 0.15) is 25.7 Å². The molecule has 2 aliphatic heterocycles. The molecule has 3 aromatic rings. The van der Waals surface area contributed by atoms with Gasteiger partial charge in [-0.1, -0.05) is 18.2 Å². The SMILES string of the molecule is C=CC(=O)N1CC[C@H](Oc2ccc3ncnc(Nc4ccc(OC[C@H]5CCCCO5)c(Cl)c4F)c3n2)C1. The standard InChI is InChI=1S/C26H27ClFN5O4/c1-2-22(34)33-11-10-16(13-33)37-21-9-7-19-25(32-21)26(30-15-29-19)31-18-6-8-20(23(27)24(18)28)36-14-17-5-3-4-12-35-17/h2,6-9,15-17H,1,3-5,10-14H2,(H,29,30,31)/t16-,17+/m0/s1. The predicted octanol–water partition coefficient (Wildman–Crippen LogP) is 4.67. The smallest absolute Gasteiger partial charge is 0.246 e. The minimum Gasteiger partial charge on any atom is -0.489 e. The van der Waals surface area contributed by atoms with E-state index in [0.717, 1.165) is 19.3 Å². The van der Waals surface area contributed by atoms with Gasteiger partial charge < -0.3 is 24.4 Å². The van der Waals surface area contributed by atoms with Crippen molar-refractivity contribution in [1.82, 2.24) is 19.9 Å². The van der Waals surface area contributed by atoms with Crippen LogP contribution < -0.4 is 14.8 Å². The third-order valence-corrected chi connectivity index (χ3v) is 6.73. The molecule has 1 amide bonds. The molecule has 2 fully saturated rings. The van der Waals surface area contributed by atoms with Crippen LogP contribution in [0.5, 0.6) is 11.6 Å². The van der Waals surface area contributed by atoms with Crippen molar-refractivity contribution in [3.63, 3.8) is 0 Å². The second-order valence-electron chi connectivity index (χ2n) is 8.92. The van der Waals surface area contributed by atoms with Crippen molar-refractivity contribution in [2.45, 2.75) is 37.9 Å². The van der Waals surface area contributed by atoms with Crippen molar-refractivity contribution in [1.29, 1.82) is 0 Å². The summed E-state index contributed by atoms with van der Waals surface area (Å²) in [5.74, 6) is 0.110. The van der Waals surface area contributed by atoms with Crippen molar-refractivity contribution >= 4 is 40.0 Å². The summed E-state index contributed by atoms with van der Waals surface area (Å²) in [6.07, 6.45) is 6.16. The number of likely N-dealkylation sites (tertiary alicyclic amines) is 1. The fourth-order valence-corrected chi connectivity index (χ4v) is 4.61. The fraction of sp³-hybridized carbons (Fsp3) is 0.385. The molecule has 11 heteroatoms. The summed E-state index contributed by atoms with van der Waals surface area (Å²) in [5, 5.41) is 2.84. The maximum absolute atomic E-state index is 15.2. The molecular formula is C26H27ClFN5O4. The van der Waals surface area contributed by atoms with E-state index >= 15 is 4.39 Å². The maximum Gasteiger partial charge on any atom is 0.246 e. The van der Waals surface area contributed by atoms with Crippen molar-refractivity contribution < 1.29 is 23.4 Å². The number of pyridine rings is 1. The molecule has 9 nitrogen and oxygen atoms in total. The lowest BCUT2D eigenvalue weighted by atomic mass is 10.1. The molecule has 0 radical (unpaired) electrons. The number of ether oxygens (including phenoxy) is 3. The van der Waals surface area contributed by atoms with Gasteiger partial charge in [0.15, 0.2) is 11.6 Å². The fourth-order valence-electron chi connectivity index (χ4n) is 4.39. The molecule has 2 saturated heterocycles. The number of nitrogens with one attached hydrogen (secondary N) is 1. The zero-order valence-electron chi connectivity index (χ0n) is 20.2. The number of hydrogen-bond donors (Lipinski definition) is 1. The van der Waals surface area contributed by atoms with Gasteiger partial charge in [0.05, 0.1) is 23.9 Å². The first-order valence-electron chi connectivity index (χ1n) is 12.2. The van der Waals surface area contributed by atoms with Crippen LogP contribution in [-0.4, -0.2) is 64.3 Å². The minimum atomic E-state index is -0.666. The summed E-state index contributed by atoms with van der Waals surface area (Å²) in [6, 6.07) is 6.60. The number of halogens is 2. The molecule has 5 rings (SSSR count). The highest BCUT2D eigenvalue weighted by Crippen LogP contribution is 2.34. The topological polar surface area (TPSA) is 98.7 Å². The number of carbonyl (C=O) groups excluding carboxylic acids is 1. The Morgan fingerprint density at radius 1 is 1.27 bits per heavy atom. The Kier molecular flexibility index (Phi) is 7.66. The number of hydrogen-bond acceptors (Lipinski definition) is 8. The van der Waals surface area contributed by atoms with Gasteiger partial charge in [-0.05, 0) is 43.5 Å². The van der Waals surface area contributed by atoms with E-state index in [4.69, 9.17) is 25.8 Å². The van der Waals surface area contributed by atoms with Crippen LogP contribution in [-0.2, 0) is 9.53 Å². The normalized spacial score (nSPS) is 19.6. The number of carbonyl (C=O) groups is 1. The number of rotatable bonds is 8. The predicted molar refractivity (Wildman–Crippen MR) is 137 cm³/mol. The molecule has 0 aliphatic carbocycles. The first-order valence-corrected chi connectivity index (χ1v) is 12.6. The van der Waals surface area contributed by atoms with Crippen LogP contribution in [0.4, 0.5) is 15.9 Å². The zero-order valence-corrected chi connectivity index (χ0v) is 20.9. The van der Waals surface area contributed by atoms with Crippen LogP contribution >= 0.6 is 11.6 Å². The van der Waals surface area contributed by atoms with Crippen molar-refractivity contribution in [2.24, 2.45) is 0 Å². The van der Waals surface area contributed by atoms with Gasteiger partial charge in [0.1, 0.15) is 35.3 Å². The van der Waals surface area contributed by atoms with E-state index in [1.807, 2.05) is 0 Å². The van der Waals surface area contributed by atoms with Crippen LogP contribution in [0.25, 0.3) is 11.0 Å². The van der Waals surface area contributed by atoms with Gasteiger partial charge >= 0.3 is 0 Å². The third kappa shape index (κ3) is 5.75. The number of anilines is 2. The summed E-state index contributed by atoms with van der Waals surface area (Å²) in [5.41, 5.74) is 1.08. The van der Waals surface area contributed by atoms with Crippen molar-refractivity contribution in [3.8, 4) is 11.6 Å². The van der Waals surface area contributed by atoms with E-state index in [-0.39, 0.29) is 34.6 Å². The van der Waals surface area contributed by atoms with E-state index in [1.165, 1.54) is 18.5 Å². The van der Waals surface area contributed by atoms with Gasteiger partial charge in [-0.15, -0.1) is 0 Å². The van der Waals surface area contributed by atoms with Crippen LogP contribution in [0.15, 0.2) is 43.2 Å². The lowest BCUT2D eigenvalue weighted by Gasteiger charge is -2.23. The van der Waals surface area contributed by atoms with Gasteiger partial charge in [0.2, 0.25) is 11.8 Å². The Hall–Kier alpha value is -3.50. The summed E-state index contributed by atoms with van der Waals surface area (Å²) >= 11 is 6.28. The first kappa shape index (κ1) is 25.2. The number of amides is 1. The van der Waals surface area contributed by atoms with E-state index in [9.17, 15) is 4.79 Å². The Balaban J connectivity index is 1.31. The monoisotopic (exact) mass is 527 g/mol. The molecule has 0 spiro atoms. The second kappa shape index (κ2) is 11.3. The summed E-state index contributed by atoms with van der Waals surface area (Å²) in [4.78, 5) is 26.6. The van der Waals surface area contributed by atoms with E-state index in [0.29, 0.717) is 55.5 Å². The van der Waals surface area contributed by atoms with Gasteiger partial charge in [-0.3, -0.25) is 4.79 Å². The van der Waals surface area contributed by atoms with E-state index in [2.05, 4.69) is 26.8 Å². The highest BCUT2D eigenvalue weighted by Gasteiger charge is 2.27. The molecular weight excluding hydrogens is 501 g/mol. The quantitative estimate of drug-likeness (QED) is 0.422. The minimum absolute atomic E-state index is 0.0182. The van der Waals surface area contributed by atoms with E-state index < -0.39 is 5.82 Å². The number of benzene rings is 1. The van der Waals surface area contributed by atoms with E-state index in [1.54, 1.807) is 23.1 Å². The van der Waals surface area contributed by atoms with Gasteiger partial charge in [0.25, 0.3) is 0 Å².